The van der Waals surface area contributed by atoms with E-state index < -0.39 is 0 Å². The Balaban J connectivity index is 1.77. The molecule has 6 heteroatoms. The third-order valence-corrected chi connectivity index (χ3v) is 4.57. The van der Waals surface area contributed by atoms with Crippen LogP contribution in [-0.4, -0.2) is 35.6 Å². The first-order valence-electron chi connectivity index (χ1n) is 7.06. The number of rotatable bonds is 6. The summed E-state index contributed by atoms with van der Waals surface area (Å²) < 4.78 is 2.04. The van der Waals surface area contributed by atoms with Crippen LogP contribution in [0.2, 0.25) is 0 Å². The van der Waals surface area contributed by atoms with Gasteiger partial charge >= 0.3 is 0 Å². The van der Waals surface area contributed by atoms with E-state index >= 15 is 0 Å². The Morgan fingerprint density at radius 1 is 1.43 bits per heavy atom. The average molecular weight is 305 g/mol. The van der Waals surface area contributed by atoms with Gasteiger partial charge in [-0.2, -0.15) is 0 Å². The van der Waals surface area contributed by atoms with Gasteiger partial charge in [0.1, 0.15) is 0 Å². The van der Waals surface area contributed by atoms with Crippen LogP contribution in [0.25, 0.3) is 0 Å². The van der Waals surface area contributed by atoms with Crippen molar-refractivity contribution in [2.24, 2.45) is 4.99 Å². The summed E-state index contributed by atoms with van der Waals surface area (Å²) in [5.41, 5.74) is 0.0934. The number of thiophene rings is 1. The molecule has 2 aromatic heterocycles. The molecule has 0 unspecified atom stereocenters. The highest BCUT2D eigenvalue weighted by Crippen LogP contribution is 2.26. The molecule has 0 bridgehead atoms. The van der Waals surface area contributed by atoms with Crippen molar-refractivity contribution in [3.63, 3.8) is 0 Å². The van der Waals surface area contributed by atoms with Gasteiger partial charge in [-0.1, -0.05) is 19.9 Å². The molecule has 0 aliphatic rings. The van der Waals surface area contributed by atoms with E-state index in [0.717, 1.165) is 25.6 Å². The molecule has 114 valence electrons. The Morgan fingerprint density at radius 2 is 2.29 bits per heavy atom. The standard InChI is InChI=1S/C15H23N5S/c1-15(2,13-5-4-10-21-13)11-19-14(16-3)18-7-9-20-8-6-17-12-20/h4-6,8,10,12H,7,9,11H2,1-3H3,(H2,16,18,19). The topological polar surface area (TPSA) is 54.2 Å². The largest absolute Gasteiger partial charge is 0.356 e. The molecular formula is C15H23N5S. The smallest absolute Gasteiger partial charge is 0.191 e. The number of hydrogen-bond acceptors (Lipinski definition) is 3. The summed E-state index contributed by atoms with van der Waals surface area (Å²) in [5.74, 6) is 0.833. The first kappa shape index (κ1) is 15.6. The summed E-state index contributed by atoms with van der Waals surface area (Å²) in [6, 6.07) is 4.28. The summed E-state index contributed by atoms with van der Waals surface area (Å²) in [4.78, 5) is 9.67. The lowest BCUT2D eigenvalue weighted by Gasteiger charge is -2.25. The molecule has 5 nitrogen and oxygen atoms in total. The molecule has 2 aromatic rings. The van der Waals surface area contributed by atoms with Gasteiger partial charge in [0.2, 0.25) is 0 Å². The van der Waals surface area contributed by atoms with Crippen LogP contribution in [0.15, 0.2) is 41.2 Å². The molecule has 0 aliphatic carbocycles. The number of aromatic nitrogens is 2. The van der Waals surface area contributed by atoms with E-state index in [2.05, 4.69) is 52.0 Å². The van der Waals surface area contributed by atoms with Gasteiger partial charge in [0.05, 0.1) is 6.33 Å². The minimum atomic E-state index is 0.0934. The lowest BCUT2D eigenvalue weighted by Crippen LogP contribution is -2.44. The van der Waals surface area contributed by atoms with Crippen molar-refractivity contribution >= 4 is 17.3 Å². The Morgan fingerprint density at radius 3 is 2.90 bits per heavy atom. The zero-order valence-corrected chi connectivity index (χ0v) is 13.7. The summed E-state index contributed by atoms with van der Waals surface area (Å²) in [7, 11) is 1.80. The van der Waals surface area contributed by atoms with Gasteiger partial charge in [0.25, 0.3) is 0 Å². The fraction of sp³-hybridized carbons (Fsp3) is 0.467. The molecular weight excluding hydrogens is 282 g/mol. The maximum atomic E-state index is 4.26. The van der Waals surface area contributed by atoms with E-state index in [1.165, 1.54) is 4.88 Å². The second-order valence-electron chi connectivity index (χ2n) is 5.51. The normalized spacial score (nSPS) is 12.4. The fourth-order valence-corrected chi connectivity index (χ4v) is 2.85. The molecule has 0 saturated carbocycles. The van der Waals surface area contributed by atoms with E-state index in [1.54, 1.807) is 24.6 Å². The Kier molecular flexibility index (Phi) is 5.38. The van der Waals surface area contributed by atoms with Crippen LogP contribution in [0.3, 0.4) is 0 Å². The zero-order valence-electron chi connectivity index (χ0n) is 12.8. The highest BCUT2D eigenvalue weighted by Gasteiger charge is 2.21. The average Bonchev–Trinajstić information content (AvgIpc) is 3.15. The molecule has 0 aromatic carbocycles. The van der Waals surface area contributed by atoms with Crippen molar-refractivity contribution in [1.82, 2.24) is 20.2 Å². The van der Waals surface area contributed by atoms with Crippen LogP contribution >= 0.6 is 11.3 Å². The number of hydrogen-bond donors (Lipinski definition) is 2. The van der Waals surface area contributed by atoms with Crippen LogP contribution in [-0.2, 0) is 12.0 Å². The molecule has 0 amide bonds. The highest BCUT2D eigenvalue weighted by atomic mass is 32.1. The summed E-state index contributed by atoms with van der Waals surface area (Å²) in [5, 5.41) is 8.84. The van der Waals surface area contributed by atoms with Gasteiger partial charge in [-0.15, -0.1) is 11.3 Å². The molecule has 21 heavy (non-hydrogen) atoms. The first-order valence-corrected chi connectivity index (χ1v) is 7.94. The third-order valence-electron chi connectivity index (χ3n) is 3.33. The number of imidazole rings is 1. The van der Waals surface area contributed by atoms with Crippen molar-refractivity contribution in [3.05, 3.63) is 41.1 Å². The monoisotopic (exact) mass is 305 g/mol. The molecule has 0 spiro atoms. The van der Waals surface area contributed by atoms with E-state index in [4.69, 9.17) is 0 Å². The molecule has 2 rings (SSSR count). The van der Waals surface area contributed by atoms with E-state index in [1.807, 2.05) is 17.1 Å². The molecule has 2 N–H and O–H groups in total. The van der Waals surface area contributed by atoms with Gasteiger partial charge in [-0.05, 0) is 11.4 Å². The van der Waals surface area contributed by atoms with Crippen molar-refractivity contribution in [2.75, 3.05) is 20.1 Å². The van der Waals surface area contributed by atoms with Gasteiger partial charge in [0.15, 0.2) is 5.96 Å². The van der Waals surface area contributed by atoms with Gasteiger partial charge in [0, 0.05) is 49.4 Å². The predicted molar refractivity (Wildman–Crippen MR) is 88.9 cm³/mol. The third kappa shape index (κ3) is 4.60. The summed E-state index contributed by atoms with van der Waals surface area (Å²) >= 11 is 1.79. The van der Waals surface area contributed by atoms with Crippen molar-refractivity contribution in [3.8, 4) is 0 Å². The quantitative estimate of drug-likeness (QED) is 0.635. The second kappa shape index (κ2) is 7.26. The minimum Gasteiger partial charge on any atom is -0.356 e. The van der Waals surface area contributed by atoms with Crippen LogP contribution < -0.4 is 10.6 Å². The number of nitrogens with one attached hydrogen (secondary N) is 2. The number of nitrogens with zero attached hydrogens (tertiary/aromatic N) is 3. The molecule has 0 radical (unpaired) electrons. The number of guanidine groups is 1. The maximum Gasteiger partial charge on any atom is 0.191 e. The first-order chi connectivity index (χ1) is 10.1. The second-order valence-corrected chi connectivity index (χ2v) is 6.46. The molecule has 0 fully saturated rings. The van der Waals surface area contributed by atoms with Crippen molar-refractivity contribution in [1.29, 1.82) is 0 Å². The van der Waals surface area contributed by atoms with Crippen LogP contribution in [0.5, 0.6) is 0 Å². The molecule has 2 heterocycles. The Labute approximate surface area is 130 Å². The van der Waals surface area contributed by atoms with Gasteiger partial charge < -0.3 is 15.2 Å². The lowest BCUT2D eigenvalue weighted by atomic mass is 9.91. The van der Waals surface area contributed by atoms with Crippen LogP contribution in [0.4, 0.5) is 0 Å². The van der Waals surface area contributed by atoms with Crippen molar-refractivity contribution < 1.29 is 0 Å². The maximum absolute atomic E-state index is 4.26. The van der Waals surface area contributed by atoms with Gasteiger partial charge in [-0.3, -0.25) is 4.99 Å². The van der Waals surface area contributed by atoms with E-state index in [9.17, 15) is 0 Å². The van der Waals surface area contributed by atoms with E-state index in [0.29, 0.717) is 0 Å². The Hall–Kier alpha value is -1.82. The predicted octanol–water partition coefficient (Wildman–Crippen LogP) is 2.09. The number of aliphatic imine (C=N–C) groups is 1. The van der Waals surface area contributed by atoms with Crippen LogP contribution in [0, 0.1) is 0 Å². The molecule has 0 saturated heterocycles. The van der Waals surface area contributed by atoms with Gasteiger partial charge in [-0.25, -0.2) is 4.98 Å². The molecule has 0 aliphatic heterocycles. The van der Waals surface area contributed by atoms with Crippen molar-refractivity contribution in [2.45, 2.75) is 25.8 Å². The summed E-state index contributed by atoms with van der Waals surface area (Å²) in [6.45, 7) is 7.01. The van der Waals surface area contributed by atoms with Crippen LogP contribution in [0.1, 0.15) is 18.7 Å². The SMILES string of the molecule is CN=C(NCCn1ccnc1)NCC(C)(C)c1cccs1. The Bertz CT molecular complexity index is 543. The van der Waals surface area contributed by atoms with E-state index in [-0.39, 0.29) is 5.41 Å². The highest BCUT2D eigenvalue weighted by molar-refractivity contribution is 7.10. The minimum absolute atomic E-state index is 0.0934. The summed E-state index contributed by atoms with van der Waals surface area (Å²) in [6.07, 6.45) is 5.56. The fourth-order valence-electron chi connectivity index (χ4n) is 2.00. The lowest BCUT2D eigenvalue weighted by molar-refractivity contribution is 0.517. The molecule has 0 atom stereocenters. The zero-order chi connectivity index (χ0) is 15.1.